The lowest BCUT2D eigenvalue weighted by Gasteiger charge is -2.33. The van der Waals surface area contributed by atoms with E-state index in [-0.39, 0.29) is 11.9 Å². The predicted octanol–water partition coefficient (Wildman–Crippen LogP) is 2.09. The minimum Gasteiger partial charge on any atom is -0.496 e. The molecule has 0 unspecified atom stereocenters. The van der Waals surface area contributed by atoms with Crippen LogP contribution >= 0.6 is 0 Å². The molecule has 1 aliphatic rings. The maximum absolute atomic E-state index is 12.5. The molecule has 1 fully saturated rings. The van der Waals surface area contributed by atoms with Gasteiger partial charge in [0.1, 0.15) is 11.5 Å². The maximum Gasteiger partial charge on any atom is 0.255 e. The first kappa shape index (κ1) is 16.5. The van der Waals surface area contributed by atoms with Crippen molar-refractivity contribution in [2.75, 3.05) is 40.0 Å². The average molecular weight is 330 g/mol. The number of para-hydroxylation sites is 1. The van der Waals surface area contributed by atoms with Crippen LogP contribution in [0.3, 0.4) is 0 Å². The van der Waals surface area contributed by atoms with E-state index in [1.807, 2.05) is 24.3 Å². The molecule has 1 atom stereocenters. The molecule has 24 heavy (non-hydrogen) atoms. The summed E-state index contributed by atoms with van der Waals surface area (Å²) in [5, 5.41) is 3.00. The summed E-state index contributed by atoms with van der Waals surface area (Å²) in [4.78, 5) is 14.8. The first-order valence-corrected chi connectivity index (χ1v) is 8.06. The van der Waals surface area contributed by atoms with Crippen LogP contribution in [-0.4, -0.2) is 50.8 Å². The summed E-state index contributed by atoms with van der Waals surface area (Å²) >= 11 is 0. The van der Waals surface area contributed by atoms with Crippen LogP contribution in [0.4, 0.5) is 0 Å². The van der Waals surface area contributed by atoms with Gasteiger partial charge in [-0.05, 0) is 24.3 Å². The van der Waals surface area contributed by atoms with Crippen LogP contribution in [0.5, 0.6) is 5.75 Å². The summed E-state index contributed by atoms with van der Waals surface area (Å²) in [6.07, 6.45) is 1.66. The Kier molecular flexibility index (Phi) is 5.51. The second-order valence-corrected chi connectivity index (χ2v) is 5.59. The first-order valence-electron chi connectivity index (χ1n) is 8.06. The second kappa shape index (κ2) is 7.99. The quantitative estimate of drug-likeness (QED) is 0.879. The first-order chi connectivity index (χ1) is 11.8. The van der Waals surface area contributed by atoms with Crippen molar-refractivity contribution in [1.82, 2.24) is 10.2 Å². The lowest BCUT2D eigenvalue weighted by molar-refractivity contribution is 0.0118. The van der Waals surface area contributed by atoms with Crippen molar-refractivity contribution in [3.63, 3.8) is 0 Å². The van der Waals surface area contributed by atoms with Crippen molar-refractivity contribution < 1.29 is 18.7 Å². The number of amides is 1. The van der Waals surface area contributed by atoms with E-state index in [2.05, 4.69) is 10.2 Å². The number of nitrogens with zero attached hydrogens (tertiary/aromatic N) is 1. The third kappa shape index (κ3) is 3.77. The Morgan fingerprint density at radius 3 is 2.75 bits per heavy atom. The van der Waals surface area contributed by atoms with Gasteiger partial charge in [-0.1, -0.05) is 12.1 Å². The van der Waals surface area contributed by atoms with Crippen LogP contribution < -0.4 is 10.1 Å². The van der Waals surface area contributed by atoms with E-state index in [0.717, 1.165) is 18.8 Å². The minimum absolute atomic E-state index is 0.0115. The van der Waals surface area contributed by atoms with Crippen molar-refractivity contribution in [3.8, 4) is 5.75 Å². The molecule has 2 aromatic rings. The number of carbonyl (C=O) groups excluding carboxylic acids is 1. The Bertz CT molecular complexity index is 651. The van der Waals surface area contributed by atoms with E-state index >= 15 is 0 Å². The summed E-state index contributed by atoms with van der Waals surface area (Å²) < 4.78 is 16.2. The molecule has 0 saturated carbocycles. The molecular weight excluding hydrogens is 308 g/mol. The van der Waals surface area contributed by atoms with Gasteiger partial charge >= 0.3 is 0 Å². The van der Waals surface area contributed by atoms with Gasteiger partial charge in [-0.3, -0.25) is 9.69 Å². The summed E-state index contributed by atoms with van der Waals surface area (Å²) in [6, 6.07) is 11.0. The molecule has 1 aromatic heterocycles. The van der Waals surface area contributed by atoms with Crippen LogP contribution in [-0.2, 0) is 4.74 Å². The Balaban J connectivity index is 1.70. The van der Waals surface area contributed by atoms with Gasteiger partial charge in [0.15, 0.2) is 0 Å². The monoisotopic (exact) mass is 330 g/mol. The molecule has 3 rings (SSSR count). The van der Waals surface area contributed by atoms with Crippen LogP contribution in [0, 0.1) is 0 Å². The molecule has 6 nitrogen and oxygen atoms in total. The summed E-state index contributed by atoms with van der Waals surface area (Å²) in [5.41, 5.74) is 0.528. The summed E-state index contributed by atoms with van der Waals surface area (Å²) in [7, 11) is 1.56. The highest BCUT2D eigenvalue weighted by molar-refractivity contribution is 5.96. The fourth-order valence-corrected chi connectivity index (χ4v) is 2.90. The zero-order valence-corrected chi connectivity index (χ0v) is 13.7. The fourth-order valence-electron chi connectivity index (χ4n) is 2.90. The number of morpholine rings is 1. The number of carbonyl (C=O) groups is 1. The molecule has 1 saturated heterocycles. The van der Waals surface area contributed by atoms with Gasteiger partial charge in [-0.25, -0.2) is 0 Å². The minimum atomic E-state index is -0.155. The predicted molar refractivity (Wildman–Crippen MR) is 89.2 cm³/mol. The molecule has 1 aliphatic heterocycles. The van der Waals surface area contributed by atoms with Gasteiger partial charge in [0, 0.05) is 19.6 Å². The topological polar surface area (TPSA) is 63.9 Å². The molecule has 0 aliphatic carbocycles. The third-order valence-electron chi connectivity index (χ3n) is 4.17. The SMILES string of the molecule is COc1ccccc1C(=O)NC[C@@H](c1ccco1)N1CCOCC1. The van der Waals surface area contributed by atoms with E-state index in [9.17, 15) is 4.79 Å². The number of furan rings is 1. The second-order valence-electron chi connectivity index (χ2n) is 5.59. The molecule has 128 valence electrons. The number of ether oxygens (including phenoxy) is 2. The van der Waals surface area contributed by atoms with E-state index in [1.165, 1.54) is 0 Å². The largest absolute Gasteiger partial charge is 0.496 e. The normalized spacial score (nSPS) is 16.5. The molecule has 1 amide bonds. The number of hydrogen-bond acceptors (Lipinski definition) is 5. The summed E-state index contributed by atoms with van der Waals surface area (Å²) in [6.45, 7) is 3.48. The molecule has 0 spiro atoms. The molecule has 1 aromatic carbocycles. The zero-order chi connectivity index (χ0) is 16.8. The number of hydrogen-bond donors (Lipinski definition) is 1. The molecule has 1 N–H and O–H groups in total. The Labute approximate surface area is 141 Å². The van der Waals surface area contributed by atoms with Crippen molar-refractivity contribution in [3.05, 3.63) is 54.0 Å². The van der Waals surface area contributed by atoms with Crippen molar-refractivity contribution >= 4 is 5.91 Å². The van der Waals surface area contributed by atoms with Gasteiger partial charge in [0.2, 0.25) is 0 Å². The summed E-state index contributed by atoms with van der Waals surface area (Å²) in [5.74, 6) is 1.26. The molecule has 0 radical (unpaired) electrons. The highest BCUT2D eigenvalue weighted by Crippen LogP contribution is 2.22. The maximum atomic E-state index is 12.5. The lowest BCUT2D eigenvalue weighted by atomic mass is 10.1. The van der Waals surface area contributed by atoms with Gasteiger partial charge in [0.25, 0.3) is 5.91 Å². The lowest BCUT2D eigenvalue weighted by Crippen LogP contribution is -2.43. The van der Waals surface area contributed by atoms with E-state index in [4.69, 9.17) is 13.9 Å². The van der Waals surface area contributed by atoms with Crippen molar-refractivity contribution in [1.29, 1.82) is 0 Å². The van der Waals surface area contributed by atoms with Gasteiger partial charge in [0.05, 0.1) is 38.2 Å². The number of rotatable bonds is 6. The van der Waals surface area contributed by atoms with Crippen molar-refractivity contribution in [2.24, 2.45) is 0 Å². The molecule has 0 bridgehead atoms. The van der Waals surface area contributed by atoms with Crippen LogP contribution in [0.1, 0.15) is 22.2 Å². The molecular formula is C18H22N2O4. The standard InChI is InChI=1S/C18H22N2O4/c1-22-16-6-3-2-5-14(16)18(21)19-13-15(17-7-4-10-24-17)20-8-11-23-12-9-20/h2-7,10,15H,8-9,11-13H2,1H3,(H,19,21)/t15-/m0/s1. The van der Waals surface area contributed by atoms with Crippen molar-refractivity contribution in [2.45, 2.75) is 6.04 Å². The Morgan fingerprint density at radius 1 is 1.25 bits per heavy atom. The number of benzene rings is 1. The Hall–Kier alpha value is -2.31. The number of nitrogens with one attached hydrogen (secondary N) is 1. The van der Waals surface area contributed by atoms with Crippen LogP contribution in [0.15, 0.2) is 47.1 Å². The highest BCUT2D eigenvalue weighted by atomic mass is 16.5. The molecule has 6 heteroatoms. The van der Waals surface area contributed by atoms with E-state index < -0.39 is 0 Å². The van der Waals surface area contributed by atoms with Gasteiger partial charge in [-0.2, -0.15) is 0 Å². The number of methoxy groups -OCH3 is 1. The third-order valence-corrected chi connectivity index (χ3v) is 4.17. The smallest absolute Gasteiger partial charge is 0.255 e. The van der Waals surface area contributed by atoms with Crippen LogP contribution in [0.2, 0.25) is 0 Å². The van der Waals surface area contributed by atoms with Gasteiger partial charge < -0.3 is 19.2 Å². The highest BCUT2D eigenvalue weighted by Gasteiger charge is 2.25. The van der Waals surface area contributed by atoms with E-state index in [0.29, 0.717) is 31.1 Å². The zero-order valence-electron chi connectivity index (χ0n) is 13.7. The van der Waals surface area contributed by atoms with Gasteiger partial charge in [-0.15, -0.1) is 0 Å². The fraction of sp³-hybridized carbons (Fsp3) is 0.389. The van der Waals surface area contributed by atoms with E-state index in [1.54, 1.807) is 25.5 Å². The average Bonchev–Trinajstić information content (AvgIpc) is 3.17. The molecule has 2 heterocycles. The van der Waals surface area contributed by atoms with Crippen LogP contribution in [0.25, 0.3) is 0 Å². The Morgan fingerprint density at radius 2 is 2.04 bits per heavy atom.